The molecule has 0 saturated carbocycles. The normalized spacial score (nSPS) is 14.0. The molecule has 148 valence electrons. The van der Waals surface area contributed by atoms with Crippen LogP contribution in [0.3, 0.4) is 0 Å². The quantitative estimate of drug-likeness (QED) is 0.741. The van der Waals surface area contributed by atoms with Crippen molar-refractivity contribution in [2.45, 2.75) is 13.3 Å². The average Bonchev–Trinajstić information content (AvgIpc) is 2.80. The lowest BCUT2D eigenvalue weighted by Crippen LogP contribution is -2.50. The largest absolute Gasteiger partial charge is 0.352 e. The van der Waals surface area contributed by atoms with E-state index in [1.807, 2.05) is 53.4 Å². The average molecular weight is 388 g/mol. The Kier molecular flexibility index (Phi) is 5.65. The van der Waals surface area contributed by atoms with E-state index in [9.17, 15) is 4.79 Å². The fourth-order valence-corrected chi connectivity index (χ4v) is 3.34. The van der Waals surface area contributed by atoms with Crippen molar-refractivity contribution in [2.75, 3.05) is 36.4 Å². The van der Waals surface area contributed by atoms with Gasteiger partial charge in [0.15, 0.2) is 5.82 Å². The highest BCUT2D eigenvalue weighted by Gasteiger charge is 2.22. The van der Waals surface area contributed by atoms with E-state index >= 15 is 0 Å². The van der Waals surface area contributed by atoms with Gasteiger partial charge in [-0.05, 0) is 48.4 Å². The number of hydrogen-bond donors (Lipinski definition) is 1. The molecule has 0 unspecified atom stereocenters. The highest BCUT2D eigenvalue weighted by atomic mass is 16.2. The number of anilines is 2. The fourth-order valence-electron chi connectivity index (χ4n) is 3.34. The smallest absolute Gasteiger partial charge is 0.321 e. The molecule has 3 heterocycles. The first-order chi connectivity index (χ1) is 14.2. The standard InChI is InChI=1S/C22H24N6O/c1-2-17-3-5-19(6-4-17)24-22(29)28-15-13-27(14-16-28)21-8-7-20(25-26-21)18-9-11-23-12-10-18/h3-12H,2,13-16H2,1H3,(H,24,29). The molecule has 0 bridgehead atoms. The van der Waals surface area contributed by atoms with Crippen molar-refractivity contribution >= 4 is 17.5 Å². The van der Waals surface area contributed by atoms with Crippen molar-refractivity contribution in [1.82, 2.24) is 20.1 Å². The van der Waals surface area contributed by atoms with Crippen molar-refractivity contribution in [2.24, 2.45) is 0 Å². The minimum absolute atomic E-state index is 0.0620. The molecule has 0 radical (unpaired) electrons. The van der Waals surface area contributed by atoms with Gasteiger partial charge in [0.2, 0.25) is 0 Å². The van der Waals surface area contributed by atoms with E-state index in [1.165, 1.54) is 5.56 Å². The number of piperazine rings is 1. The van der Waals surface area contributed by atoms with Gasteiger partial charge in [-0.3, -0.25) is 4.98 Å². The molecule has 1 fully saturated rings. The monoisotopic (exact) mass is 388 g/mol. The second-order valence-corrected chi connectivity index (χ2v) is 6.97. The first kappa shape index (κ1) is 18.9. The second-order valence-electron chi connectivity index (χ2n) is 6.97. The Balaban J connectivity index is 1.32. The number of aromatic nitrogens is 3. The van der Waals surface area contributed by atoms with Crippen molar-refractivity contribution in [1.29, 1.82) is 0 Å². The maximum atomic E-state index is 12.5. The van der Waals surface area contributed by atoms with Crippen LogP contribution in [0.4, 0.5) is 16.3 Å². The molecule has 2 amide bonds. The number of carbonyl (C=O) groups is 1. The lowest BCUT2D eigenvalue weighted by molar-refractivity contribution is 0.208. The summed E-state index contributed by atoms with van der Waals surface area (Å²) < 4.78 is 0. The third-order valence-electron chi connectivity index (χ3n) is 5.13. The van der Waals surface area contributed by atoms with E-state index in [2.05, 4.69) is 32.3 Å². The zero-order valence-electron chi connectivity index (χ0n) is 16.5. The second kappa shape index (κ2) is 8.68. The number of pyridine rings is 1. The van der Waals surface area contributed by atoms with Crippen LogP contribution >= 0.6 is 0 Å². The number of urea groups is 1. The fraction of sp³-hybridized carbons (Fsp3) is 0.273. The molecule has 2 aromatic heterocycles. The van der Waals surface area contributed by atoms with Gasteiger partial charge in [0, 0.05) is 49.8 Å². The van der Waals surface area contributed by atoms with Crippen molar-refractivity contribution < 1.29 is 4.79 Å². The highest BCUT2D eigenvalue weighted by Crippen LogP contribution is 2.19. The molecule has 0 atom stereocenters. The zero-order valence-corrected chi connectivity index (χ0v) is 16.5. The van der Waals surface area contributed by atoms with Gasteiger partial charge in [0.1, 0.15) is 0 Å². The molecule has 0 spiro atoms. The topological polar surface area (TPSA) is 74.2 Å². The van der Waals surface area contributed by atoms with Crippen LogP contribution in [0.15, 0.2) is 60.9 Å². The van der Waals surface area contributed by atoms with E-state index < -0.39 is 0 Å². The Morgan fingerprint density at radius 1 is 0.931 bits per heavy atom. The minimum Gasteiger partial charge on any atom is -0.352 e. The Morgan fingerprint density at radius 3 is 2.28 bits per heavy atom. The minimum atomic E-state index is -0.0620. The van der Waals surface area contributed by atoms with Gasteiger partial charge in [0.25, 0.3) is 0 Å². The number of carbonyl (C=O) groups excluding carboxylic acids is 1. The van der Waals surface area contributed by atoms with Crippen LogP contribution in [-0.4, -0.2) is 52.3 Å². The number of nitrogens with zero attached hydrogens (tertiary/aromatic N) is 5. The lowest BCUT2D eigenvalue weighted by atomic mass is 10.1. The number of hydrogen-bond acceptors (Lipinski definition) is 5. The molecule has 1 N–H and O–H groups in total. The number of aryl methyl sites for hydroxylation is 1. The van der Waals surface area contributed by atoms with Crippen LogP contribution in [-0.2, 0) is 6.42 Å². The third kappa shape index (κ3) is 4.51. The van der Waals surface area contributed by atoms with E-state index in [1.54, 1.807) is 12.4 Å². The Bertz CT molecular complexity index is 935. The molecule has 7 heteroatoms. The molecule has 0 aliphatic carbocycles. The molecule has 1 aliphatic heterocycles. The first-order valence-electron chi connectivity index (χ1n) is 9.87. The number of rotatable bonds is 4. The maximum absolute atomic E-state index is 12.5. The Labute approximate surface area is 170 Å². The first-order valence-corrected chi connectivity index (χ1v) is 9.87. The summed E-state index contributed by atoms with van der Waals surface area (Å²) >= 11 is 0. The van der Waals surface area contributed by atoms with Crippen LogP contribution in [0.5, 0.6) is 0 Å². The van der Waals surface area contributed by atoms with Gasteiger partial charge in [-0.15, -0.1) is 10.2 Å². The summed E-state index contributed by atoms with van der Waals surface area (Å²) in [7, 11) is 0. The predicted molar refractivity (Wildman–Crippen MR) is 114 cm³/mol. The predicted octanol–water partition coefficient (Wildman–Crippen LogP) is 3.46. The van der Waals surface area contributed by atoms with Gasteiger partial charge < -0.3 is 15.1 Å². The van der Waals surface area contributed by atoms with Crippen LogP contribution < -0.4 is 10.2 Å². The molecule has 1 aliphatic rings. The summed E-state index contributed by atoms with van der Waals surface area (Å²) in [6.45, 7) is 4.86. The summed E-state index contributed by atoms with van der Waals surface area (Å²) in [5, 5.41) is 11.7. The summed E-state index contributed by atoms with van der Waals surface area (Å²) in [6.07, 6.45) is 4.48. The van der Waals surface area contributed by atoms with Gasteiger partial charge in [0.05, 0.1) is 5.69 Å². The molecular weight excluding hydrogens is 364 g/mol. The lowest BCUT2D eigenvalue weighted by Gasteiger charge is -2.35. The number of benzene rings is 1. The SMILES string of the molecule is CCc1ccc(NC(=O)N2CCN(c3ccc(-c4ccncc4)nn3)CC2)cc1. The molecule has 7 nitrogen and oxygen atoms in total. The summed E-state index contributed by atoms with van der Waals surface area (Å²) in [5.74, 6) is 0.831. The molecule has 4 rings (SSSR count). The Morgan fingerprint density at radius 2 is 1.66 bits per heavy atom. The van der Waals surface area contributed by atoms with Gasteiger partial charge in [-0.1, -0.05) is 19.1 Å². The molecule has 3 aromatic rings. The molecular formula is C22H24N6O. The van der Waals surface area contributed by atoms with Crippen LogP contribution in [0.1, 0.15) is 12.5 Å². The number of nitrogens with one attached hydrogen (secondary N) is 1. The molecule has 1 saturated heterocycles. The van der Waals surface area contributed by atoms with Gasteiger partial charge in [-0.2, -0.15) is 0 Å². The number of amides is 2. The van der Waals surface area contributed by atoms with Gasteiger partial charge in [-0.25, -0.2) is 4.79 Å². The van der Waals surface area contributed by atoms with Crippen LogP contribution in [0.25, 0.3) is 11.3 Å². The van der Waals surface area contributed by atoms with Crippen LogP contribution in [0.2, 0.25) is 0 Å². The summed E-state index contributed by atoms with van der Waals surface area (Å²) in [4.78, 5) is 20.5. The Hall–Kier alpha value is -3.48. The van der Waals surface area contributed by atoms with Crippen molar-refractivity contribution in [3.8, 4) is 11.3 Å². The van der Waals surface area contributed by atoms with Gasteiger partial charge >= 0.3 is 6.03 Å². The summed E-state index contributed by atoms with van der Waals surface area (Å²) in [5.41, 5.74) is 3.90. The maximum Gasteiger partial charge on any atom is 0.321 e. The van der Waals surface area contributed by atoms with Crippen LogP contribution in [0, 0.1) is 0 Å². The van der Waals surface area contributed by atoms with E-state index in [0.29, 0.717) is 13.1 Å². The van der Waals surface area contributed by atoms with E-state index in [0.717, 1.165) is 42.3 Å². The molecule has 1 aromatic carbocycles. The zero-order chi connectivity index (χ0) is 20.1. The highest BCUT2D eigenvalue weighted by molar-refractivity contribution is 5.89. The summed E-state index contributed by atoms with van der Waals surface area (Å²) in [6, 6.07) is 15.7. The van der Waals surface area contributed by atoms with Crippen molar-refractivity contribution in [3.63, 3.8) is 0 Å². The van der Waals surface area contributed by atoms with Crippen molar-refractivity contribution in [3.05, 3.63) is 66.5 Å². The van der Waals surface area contributed by atoms with E-state index in [4.69, 9.17) is 0 Å². The van der Waals surface area contributed by atoms with E-state index in [-0.39, 0.29) is 6.03 Å². The third-order valence-corrected chi connectivity index (χ3v) is 5.13. The molecule has 29 heavy (non-hydrogen) atoms.